The van der Waals surface area contributed by atoms with E-state index in [-0.39, 0.29) is 41.6 Å². The Kier molecular flexibility index (Phi) is 11.3. The predicted octanol–water partition coefficient (Wildman–Crippen LogP) is 4.60. The fourth-order valence-corrected chi connectivity index (χ4v) is 8.58. The van der Waals surface area contributed by atoms with Gasteiger partial charge in [0.25, 0.3) is 5.91 Å². The van der Waals surface area contributed by atoms with E-state index in [1.165, 1.54) is 16.3 Å². The molecule has 3 aromatic rings. The lowest BCUT2D eigenvalue weighted by Crippen LogP contribution is -2.43. The van der Waals surface area contributed by atoms with E-state index in [2.05, 4.69) is 25.6 Å². The highest BCUT2D eigenvalue weighted by Crippen LogP contribution is 2.46. The van der Waals surface area contributed by atoms with Crippen molar-refractivity contribution in [1.82, 2.24) is 5.32 Å². The normalized spacial score (nSPS) is 16.4. The van der Waals surface area contributed by atoms with Crippen molar-refractivity contribution >= 4 is 84.7 Å². The highest BCUT2D eigenvalue weighted by molar-refractivity contribution is 9.10. The maximum atomic E-state index is 13.6. The molecule has 2 aliphatic rings. The average Bonchev–Trinajstić information content (AvgIpc) is 3.76. The first-order valence-electron chi connectivity index (χ1n) is 15.5. The first-order valence-corrected chi connectivity index (χ1v) is 19.2. The molecule has 2 aliphatic heterocycles. The Morgan fingerprint density at radius 2 is 1.88 bits per heavy atom. The van der Waals surface area contributed by atoms with Crippen molar-refractivity contribution in [2.45, 2.75) is 71.9 Å². The van der Waals surface area contributed by atoms with Crippen LogP contribution in [0.3, 0.4) is 0 Å². The summed E-state index contributed by atoms with van der Waals surface area (Å²) in [5.41, 5.74) is 10.9. The van der Waals surface area contributed by atoms with Crippen molar-refractivity contribution < 1.29 is 41.7 Å². The minimum atomic E-state index is -2.87. The summed E-state index contributed by atoms with van der Waals surface area (Å²) < 4.78 is 65.3. The van der Waals surface area contributed by atoms with Crippen LogP contribution in [0.4, 0.5) is 17.1 Å². The number of amides is 1. The third-order valence-corrected chi connectivity index (χ3v) is 11.1. The molecule has 0 saturated carbocycles. The first-order chi connectivity index (χ1) is 23.5. The topological polar surface area (TPSA) is 210 Å². The van der Waals surface area contributed by atoms with Gasteiger partial charge >= 0.3 is 5.97 Å². The van der Waals surface area contributed by atoms with Crippen molar-refractivity contribution in [2.75, 3.05) is 22.4 Å². The van der Waals surface area contributed by atoms with E-state index in [4.69, 9.17) is 15.2 Å². The molecule has 0 spiro atoms. The number of nitrogens with one attached hydrogen (secondary N) is 1. The third kappa shape index (κ3) is 7.69. The van der Waals surface area contributed by atoms with Gasteiger partial charge in [0.05, 0.1) is 46.2 Å². The van der Waals surface area contributed by atoms with Crippen LogP contribution >= 0.6 is 27.3 Å². The minimum Gasteiger partial charge on any atom is -0.755 e. The molecule has 0 fully saturated rings. The molecule has 1 aromatic heterocycles. The largest absolute Gasteiger partial charge is 0.755 e. The number of aliphatic carboxylic acids is 1. The molecule has 3 unspecified atom stereocenters. The second kappa shape index (κ2) is 15.0. The molecule has 0 bridgehead atoms. The Hall–Kier alpha value is -3.55. The number of thiophene rings is 1. The number of nitrogens with two attached hydrogens (primary N) is 1. The molecule has 18 heteroatoms. The number of carboxylic acids is 1. The van der Waals surface area contributed by atoms with Crippen LogP contribution in [0.15, 0.2) is 32.4 Å². The van der Waals surface area contributed by atoms with Crippen molar-refractivity contribution in [3.8, 4) is 11.5 Å². The van der Waals surface area contributed by atoms with Gasteiger partial charge in [-0.3, -0.25) is 13.3 Å². The molecule has 0 radical (unpaired) electrons. The van der Waals surface area contributed by atoms with E-state index >= 15 is 0 Å². The highest BCUT2D eigenvalue weighted by atomic mass is 79.9. The standard InChI is InChI=1S/C32H38BrN5O9S3/c1-16-17(2)26-21(15-32(4,5)47-26)18(3)25(16)37(31(34)36-49(42)43)10-6-7-22(30(40)41)35-29(39)28-23(9-12-48-28)38(50(44)45)24-14-20(33)13-19-8-11-46-27(19)24/h9,12-14,22H,6-8,10-11,15H2,1-5H3,(H2,34,36)(H,35,39)(H,40,41)(H,42,43)(H,44,45)/p-2. The number of ether oxygens (including phenoxy) is 2. The molecule has 2 aromatic carbocycles. The molecule has 3 atom stereocenters. The number of carbonyl (C=O) groups excluding carboxylic acids is 1. The summed E-state index contributed by atoms with van der Waals surface area (Å²) in [7, 11) is 0. The van der Waals surface area contributed by atoms with Crippen LogP contribution in [0.5, 0.6) is 11.5 Å². The summed E-state index contributed by atoms with van der Waals surface area (Å²) in [5, 5.41) is 14.2. The van der Waals surface area contributed by atoms with E-state index in [1.54, 1.807) is 6.07 Å². The number of carboxylic acid groups (broad SMARTS) is 1. The van der Waals surface area contributed by atoms with Crippen molar-refractivity contribution in [3.63, 3.8) is 0 Å². The molecule has 50 heavy (non-hydrogen) atoms. The minimum absolute atomic E-state index is 0.0203. The molecule has 0 aliphatic carbocycles. The van der Waals surface area contributed by atoms with Gasteiger partial charge in [-0.15, -0.1) is 11.3 Å². The van der Waals surface area contributed by atoms with Crippen LogP contribution in [0.2, 0.25) is 0 Å². The molecular weight excluding hydrogens is 774 g/mol. The molecule has 5 rings (SSSR count). The number of hydrogen-bond acceptors (Lipinski definition) is 9. The van der Waals surface area contributed by atoms with Gasteiger partial charge in [0.1, 0.15) is 28.0 Å². The Morgan fingerprint density at radius 3 is 2.54 bits per heavy atom. The Morgan fingerprint density at radius 1 is 1.16 bits per heavy atom. The highest BCUT2D eigenvalue weighted by Gasteiger charge is 2.36. The number of fused-ring (bicyclic) bond motifs is 2. The van der Waals surface area contributed by atoms with Crippen LogP contribution in [-0.4, -0.2) is 65.3 Å². The second-order valence-corrected chi connectivity index (χ2v) is 15.8. The van der Waals surface area contributed by atoms with E-state index in [0.717, 1.165) is 49.2 Å². The van der Waals surface area contributed by atoms with Gasteiger partial charge < -0.3 is 39.6 Å². The van der Waals surface area contributed by atoms with E-state index in [9.17, 15) is 32.2 Å². The lowest BCUT2D eigenvalue weighted by molar-refractivity contribution is -0.139. The van der Waals surface area contributed by atoms with Gasteiger partial charge in [-0.2, -0.15) is 4.40 Å². The third-order valence-electron chi connectivity index (χ3n) is 8.68. The van der Waals surface area contributed by atoms with Gasteiger partial charge in [-0.25, -0.2) is 9.00 Å². The van der Waals surface area contributed by atoms with Crippen LogP contribution in [0.1, 0.15) is 64.2 Å². The number of guanidine groups is 1. The quantitative estimate of drug-likeness (QED) is 0.131. The second-order valence-electron chi connectivity index (χ2n) is 12.6. The van der Waals surface area contributed by atoms with Gasteiger partial charge in [-0.1, -0.05) is 15.9 Å². The van der Waals surface area contributed by atoms with E-state index in [0.29, 0.717) is 35.4 Å². The molecular formula is C32H36BrN5O9S3-2. The number of benzene rings is 2. The van der Waals surface area contributed by atoms with Crippen molar-refractivity contribution in [1.29, 1.82) is 0 Å². The maximum absolute atomic E-state index is 13.6. The molecule has 3 heterocycles. The lowest BCUT2D eigenvalue weighted by atomic mass is 9.92. The first kappa shape index (κ1) is 37.7. The van der Waals surface area contributed by atoms with Crippen LogP contribution in [-0.2, 0) is 40.2 Å². The number of hydrogen-bond donors (Lipinski definition) is 3. The molecule has 0 saturated heterocycles. The fourth-order valence-electron chi connectivity index (χ4n) is 6.39. The SMILES string of the molecule is Cc1c(C)c(N(CCCC(NC(=O)c2sccc2N(c2cc(Br)cc3c2OCC3)S(=O)[O-])C(=O)O)C(N)=NS(=O)[O-])c(C)c2c1OC(C)(C)C2. The smallest absolute Gasteiger partial charge is 0.326 e. The zero-order valence-corrected chi connectivity index (χ0v) is 31.9. The summed E-state index contributed by atoms with van der Waals surface area (Å²) in [5.74, 6) is -1.24. The molecule has 1 amide bonds. The Bertz CT molecular complexity index is 1930. The summed E-state index contributed by atoms with van der Waals surface area (Å²) in [6, 6.07) is 3.49. The fraction of sp³-hybridized carbons (Fsp3) is 0.406. The van der Waals surface area contributed by atoms with E-state index < -0.39 is 46.1 Å². The summed E-state index contributed by atoms with van der Waals surface area (Å²) in [6.45, 7) is 10.1. The van der Waals surface area contributed by atoms with Crippen molar-refractivity contribution in [2.24, 2.45) is 10.1 Å². The molecule has 270 valence electrons. The van der Waals surface area contributed by atoms with Crippen LogP contribution in [0, 0.1) is 20.8 Å². The number of rotatable bonds is 12. The van der Waals surface area contributed by atoms with E-state index in [1.807, 2.05) is 40.7 Å². The number of carbonyl (C=O) groups is 2. The zero-order chi connectivity index (χ0) is 36.7. The summed E-state index contributed by atoms with van der Waals surface area (Å²) in [4.78, 5) is 27.5. The molecule has 4 N–H and O–H groups in total. The number of nitrogens with zero attached hydrogens (tertiary/aromatic N) is 3. The predicted molar refractivity (Wildman–Crippen MR) is 194 cm³/mol. The van der Waals surface area contributed by atoms with Crippen LogP contribution < -0.4 is 29.7 Å². The van der Waals surface area contributed by atoms with Gasteiger partial charge in [0.2, 0.25) is 5.96 Å². The monoisotopic (exact) mass is 809 g/mol. The summed E-state index contributed by atoms with van der Waals surface area (Å²) in [6.07, 6.45) is 1.27. The number of halogens is 1. The number of anilines is 3. The lowest BCUT2D eigenvalue weighted by Gasteiger charge is -2.30. The molecule has 14 nitrogen and oxygen atoms in total. The average molecular weight is 811 g/mol. The summed E-state index contributed by atoms with van der Waals surface area (Å²) >= 11 is -1.35. The van der Waals surface area contributed by atoms with Gasteiger partial charge in [-0.05, 0) is 87.7 Å². The van der Waals surface area contributed by atoms with Gasteiger partial charge in [0.15, 0.2) is 0 Å². The van der Waals surface area contributed by atoms with Gasteiger partial charge in [0, 0.05) is 35.0 Å². The van der Waals surface area contributed by atoms with Crippen molar-refractivity contribution in [3.05, 3.63) is 60.7 Å². The zero-order valence-electron chi connectivity index (χ0n) is 27.9. The van der Waals surface area contributed by atoms with Crippen LogP contribution in [0.25, 0.3) is 0 Å². The maximum Gasteiger partial charge on any atom is 0.326 e. The Balaban J connectivity index is 1.38. The Labute approximate surface area is 307 Å².